The first-order chi connectivity index (χ1) is 9.38. The van der Waals surface area contributed by atoms with Crippen molar-refractivity contribution in [3.05, 3.63) is 24.0 Å². The van der Waals surface area contributed by atoms with Crippen LogP contribution in [0, 0.1) is 5.82 Å². The molecular weight excluding hydrogens is 257 g/mol. The van der Waals surface area contributed by atoms with Crippen molar-refractivity contribution in [2.45, 2.75) is 38.6 Å². The highest BCUT2D eigenvalue weighted by molar-refractivity contribution is 5.91. The third-order valence-corrected chi connectivity index (χ3v) is 3.95. The van der Waals surface area contributed by atoms with E-state index >= 15 is 0 Å². The lowest BCUT2D eigenvalue weighted by atomic mass is 10.0. The van der Waals surface area contributed by atoms with Crippen molar-refractivity contribution in [2.24, 2.45) is 0 Å². The van der Waals surface area contributed by atoms with E-state index in [-0.39, 0.29) is 17.1 Å². The average molecular weight is 279 g/mol. The molecule has 1 aliphatic rings. The molecule has 3 N–H and O–H groups in total. The number of nitrogen functional groups attached to an aromatic ring is 1. The van der Waals surface area contributed by atoms with Gasteiger partial charge in [-0.3, -0.25) is 9.69 Å². The minimum atomic E-state index is -0.464. The number of halogens is 1. The van der Waals surface area contributed by atoms with Crippen LogP contribution in [0.25, 0.3) is 0 Å². The molecular formula is C15H22FN3O. The second kappa shape index (κ2) is 5.79. The van der Waals surface area contributed by atoms with Crippen molar-refractivity contribution < 1.29 is 9.18 Å². The van der Waals surface area contributed by atoms with E-state index in [9.17, 15) is 9.18 Å². The number of hydrogen-bond donors (Lipinski definition) is 2. The maximum absolute atomic E-state index is 13.5. The largest absolute Gasteiger partial charge is 0.399 e. The van der Waals surface area contributed by atoms with Crippen LogP contribution in [0.2, 0.25) is 0 Å². The van der Waals surface area contributed by atoms with Gasteiger partial charge in [0.25, 0.3) is 0 Å². The zero-order chi connectivity index (χ0) is 14.8. The van der Waals surface area contributed by atoms with Gasteiger partial charge in [0, 0.05) is 24.2 Å². The predicted octanol–water partition coefficient (Wildman–Crippen LogP) is 2.61. The molecule has 0 saturated carbocycles. The molecule has 0 atom stereocenters. The third kappa shape index (κ3) is 3.48. The molecule has 0 aromatic heterocycles. The molecule has 0 unspecified atom stereocenters. The maximum atomic E-state index is 13.5. The smallest absolute Gasteiger partial charge is 0.225 e. The molecule has 1 aromatic rings. The molecule has 5 heteroatoms. The predicted molar refractivity (Wildman–Crippen MR) is 78.9 cm³/mol. The Kier molecular flexibility index (Phi) is 4.28. The average Bonchev–Trinajstić information content (AvgIpc) is 2.70. The number of benzene rings is 1. The van der Waals surface area contributed by atoms with Gasteiger partial charge >= 0.3 is 0 Å². The fourth-order valence-corrected chi connectivity index (χ4v) is 2.67. The summed E-state index contributed by atoms with van der Waals surface area (Å²) >= 11 is 0. The number of carbonyl (C=O) groups excluding carboxylic acids is 1. The van der Waals surface area contributed by atoms with Crippen molar-refractivity contribution in [3.8, 4) is 0 Å². The summed E-state index contributed by atoms with van der Waals surface area (Å²) in [5.74, 6) is -0.647. The molecule has 0 bridgehead atoms. The first-order valence-electron chi connectivity index (χ1n) is 6.98. The normalized spacial score (nSPS) is 18.1. The van der Waals surface area contributed by atoms with Crippen molar-refractivity contribution in [1.29, 1.82) is 0 Å². The summed E-state index contributed by atoms with van der Waals surface area (Å²) < 4.78 is 13.5. The van der Waals surface area contributed by atoms with Gasteiger partial charge in [-0.15, -0.1) is 0 Å². The molecule has 1 aliphatic heterocycles. The molecule has 0 spiro atoms. The number of likely N-dealkylation sites (tertiary alicyclic amines) is 1. The Hall–Kier alpha value is -1.62. The molecule has 110 valence electrons. The highest BCUT2D eigenvalue weighted by atomic mass is 19.1. The van der Waals surface area contributed by atoms with E-state index in [0.29, 0.717) is 18.7 Å². The Morgan fingerprint density at radius 3 is 2.90 bits per heavy atom. The van der Waals surface area contributed by atoms with Gasteiger partial charge in [0.2, 0.25) is 5.91 Å². The van der Waals surface area contributed by atoms with Gasteiger partial charge in [-0.05, 0) is 51.4 Å². The van der Waals surface area contributed by atoms with Crippen LogP contribution in [0.15, 0.2) is 18.2 Å². The van der Waals surface area contributed by atoms with Crippen LogP contribution in [0.1, 0.15) is 33.1 Å². The topological polar surface area (TPSA) is 58.4 Å². The molecule has 20 heavy (non-hydrogen) atoms. The minimum absolute atomic E-state index is 0.149. The number of carbonyl (C=O) groups is 1. The molecule has 1 amide bonds. The van der Waals surface area contributed by atoms with Crippen molar-refractivity contribution in [2.75, 3.05) is 24.1 Å². The minimum Gasteiger partial charge on any atom is -0.399 e. The number of rotatable bonds is 4. The first-order valence-corrected chi connectivity index (χ1v) is 6.98. The lowest BCUT2D eigenvalue weighted by Crippen LogP contribution is -2.39. The van der Waals surface area contributed by atoms with E-state index in [4.69, 9.17) is 5.73 Å². The molecule has 1 heterocycles. The monoisotopic (exact) mass is 279 g/mol. The van der Waals surface area contributed by atoms with E-state index in [0.717, 1.165) is 13.0 Å². The maximum Gasteiger partial charge on any atom is 0.225 e. The molecule has 0 aliphatic carbocycles. The van der Waals surface area contributed by atoms with Crippen LogP contribution in [-0.2, 0) is 4.79 Å². The summed E-state index contributed by atoms with van der Waals surface area (Å²) in [4.78, 5) is 14.2. The zero-order valence-corrected chi connectivity index (χ0v) is 12.1. The van der Waals surface area contributed by atoms with E-state index in [1.54, 1.807) is 0 Å². The summed E-state index contributed by atoms with van der Waals surface area (Å²) in [7, 11) is 0. The molecule has 1 saturated heterocycles. The molecule has 4 nitrogen and oxygen atoms in total. The van der Waals surface area contributed by atoms with Gasteiger partial charge in [0.05, 0.1) is 5.69 Å². The Morgan fingerprint density at radius 2 is 2.25 bits per heavy atom. The number of anilines is 2. The number of nitrogens with zero attached hydrogens (tertiary/aromatic N) is 1. The molecule has 1 fully saturated rings. The molecule has 1 aromatic carbocycles. The second-order valence-electron chi connectivity index (χ2n) is 5.94. The molecule has 2 rings (SSSR count). The zero-order valence-electron chi connectivity index (χ0n) is 12.1. The highest BCUT2D eigenvalue weighted by Gasteiger charge is 2.31. The Morgan fingerprint density at radius 1 is 1.50 bits per heavy atom. The fraction of sp³-hybridized carbons (Fsp3) is 0.533. The lowest BCUT2D eigenvalue weighted by Gasteiger charge is -2.31. The van der Waals surface area contributed by atoms with Crippen molar-refractivity contribution >= 4 is 17.3 Å². The second-order valence-corrected chi connectivity index (χ2v) is 5.94. The van der Waals surface area contributed by atoms with Gasteiger partial charge in [-0.2, -0.15) is 0 Å². The van der Waals surface area contributed by atoms with Gasteiger partial charge in [0.1, 0.15) is 5.82 Å². The van der Waals surface area contributed by atoms with Gasteiger partial charge in [0.15, 0.2) is 0 Å². The van der Waals surface area contributed by atoms with E-state index in [1.807, 2.05) is 0 Å². The van der Waals surface area contributed by atoms with Gasteiger partial charge in [-0.1, -0.05) is 0 Å². The summed E-state index contributed by atoms with van der Waals surface area (Å²) in [6.07, 6.45) is 2.68. The third-order valence-electron chi connectivity index (χ3n) is 3.95. The van der Waals surface area contributed by atoms with Crippen LogP contribution in [0.4, 0.5) is 15.8 Å². The van der Waals surface area contributed by atoms with Crippen LogP contribution in [0.5, 0.6) is 0 Å². The highest BCUT2D eigenvalue weighted by Crippen LogP contribution is 2.28. The Bertz CT molecular complexity index is 502. The van der Waals surface area contributed by atoms with Gasteiger partial charge < -0.3 is 11.1 Å². The first kappa shape index (κ1) is 14.8. The standard InChI is InChI=1S/C15H22FN3O/c1-15(2)7-3-8-19(15)9-6-14(20)18-13-10-11(17)4-5-12(13)16/h4-5,10H,3,6-9,17H2,1-2H3,(H,18,20). The van der Waals surface area contributed by atoms with Crippen LogP contribution < -0.4 is 11.1 Å². The number of nitrogens with two attached hydrogens (primary N) is 1. The summed E-state index contributed by atoms with van der Waals surface area (Å²) in [6, 6.07) is 4.17. The fourth-order valence-electron chi connectivity index (χ4n) is 2.67. The van der Waals surface area contributed by atoms with Crippen LogP contribution in [0.3, 0.4) is 0 Å². The van der Waals surface area contributed by atoms with Crippen molar-refractivity contribution in [1.82, 2.24) is 4.90 Å². The van der Waals surface area contributed by atoms with Gasteiger partial charge in [-0.25, -0.2) is 4.39 Å². The Balaban J connectivity index is 1.88. The summed E-state index contributed by atoms with van der Waals surface area (Å²) in [5, 5.41) is 2.58. The quantitative estimate of drug-likeness (QED) is 0.833. The number of hydrogen-bond acceptors (Lipinski definition) is 3. The number of nitrogens with one attached hydrogen (secondary N) is 1. The van der Waals surface area contributed by atoms with Crippen molar-refractivity contribution in [3.63, 3.8) is 0 Å². The number of amides is 1. The SMILES string of the molecule is CC1(C)CCCN1CCC(=O)Nc1cc(N)ccc1F. The van der Waals surface area contributed by atoms with E-state index in [1.165, 1.54) is 24.6 Å². The van der Waals surface area contributed by atoms with E-state index < -0.39 is 5.82 Å². The van der Waals surface area contributed by atoms with E-state index in [2.05, 4.69) is 24.1 Å². The van der Waals surface area contributed by atoms with Crippen LogP contribution in [-0.4, -0.2) is 29.4 Å². The lowest BCUT2D eigenvalue weighted by molar-refractivity contribution is -0.116. The summed E-state index contributed by atoms with van der Waals surface area (Å²) in [6.45, 7) is 6.10. The summed E-state index contributed by atoms with van der Waals surface area (Å²) in [5.41, 5.74) is 6.32. The molecule has 0 radical (unpaired) electrons. The van der Waals surface area contributed by atoms with Crippen LogP contribution >= 0.6 is 0 Å². The Labute approximate surface area is 119 Å².